The molecule has 0 aromatic carbocycles. The van der Waals surface area contributed by atoms with Crippen molar-refractivity contribution in [3.8, 4) is 0 Å². The number of alkyl halides is 1. The Bertz CT molecular complexity index is 523. The van der Waals surface area contributed by atoms with Crippen LogP contribution in [0.25, 0.3) is 6.08 Å². The Kier molecular flexibility index (Phi) is 1.93. The summed E-state index contributed by atoms with van der Waals surface area (Å²) in [7, 11) is 0. The van der Waals surface area contributed by atoms with Gasteiger partial charge in [-0.3, -0.25) is 4.98 Å². The lowest BCUT2D eigenvalue weighted by Crippen LogP contribution is -2.04. The van der Waals surface area contributed by atoms with Gasteiger partial charge in [0.25, 0.3) is 0 Å². The standard InChI is InChI=1S/C13H10BrN/c1-8-5-9-7-12-10(3-2-4-15-12)13(14)11(9)6-8/h2-7,13H,1H3. The molecule has 0 fully saturated rings. The smallest absolute Gasteiger partial charge is 0.0682 e. The summed E-state index contributed by atoms with van der Waals surface area (Å²) in [5.41, 5.74) is 6.30. The molecule has 0 aliphatic heterocycles. The van der Waals surface area contributed by atoms with Gasteiger partial charge in [0.15, 0.2) is 0 Å². The Hall–Kier alpha value is -1.15. The molecule has 1 heterocycles. The highest BCUT2D eigenvalue weighted by Gasteiger charge is 2.25. The molecule has 15 heavy (non-hydrogen) atoms. The number of nitrogens with zero attached hydrogens (tertiary/aromatic N) is 1. The second-order valence-electron chi connectivity index (χ2n) is 3.93. The van der Waals surface area contributed by atoms with Gasteiger partial charge < -0.3 is 0 Å². The van der Waals surface area contributed by atoms with Crippen LogP contribution in [0.4, 0.5) is 0 Å². The highest BCUT2D eigenvalue weighted by Crippen LogP contribution is 2.44. The number of rotatable bonds is 0. The minimum Gasteiger partial charge on any atom is -0.257 e. The first-order chi connectivity index (χ1) is 7.25. The van der Waals surface area contributed by atoms with E-state index in [1.165, 1.54) is 22.3 Å². The van der Waals surface area contributed by atoms with E-state index in [4.69, 9.17) is 0 Å². The van der Waals surface area contributed by atoms with Gasteiger partial charge in [-0.25, -0.2) is 0 Å². The fourth-order valence-corrected chi connectivity index (χ4v) is 2.91. The summed E-state index contributed by atoms with van der Waals surface area (Å²) in [6.07, 6.45) is 8.45. The zero-order valence-corrected chi connectivity index (χ0v) is 9.95. The van der Waals surface area contributed by atoms with Crippen molar-refractivity contribution >= 4 is 22.0 Å². The van der Waals surface area contributed by atoms with Crippen molar-refractivity contribution in [3.05, 3.63) is 58.5 Å². The highest BCUT2D eigenvalue weighted by molar-refractivity contribution is 9.09. The minimum absolute atomic E-state index is 0.287. The molecule has 1 aromatic rings. The number of hydrogen-bond donors (Lipinski definition) is 0. The number of allylic oxidation sites excluding steroid dienone is 5. The van der Waals surface area contributed by atoms with Crippen LogP contribution < -0.4 is 0 Å². The molecule has 1 aromatic heterocycles. The average molecular weight is 260 g/mol. The van der Waals surface area contributed by atoms with Crippen LogP contribution in [0.2, 0.25) is 0 Å². The largest absolute Gasteiger partial charge is 0.257 e. The molecule has 2 heteroatoms. The first kappa shape index (κ1) is 9.10. The van der Waals surface area contributed by atoms with Crippen LogP contribution in [0, 0.1) is 0 Å². The summed E-state index contributed by atoms with van der Waals surface area (Å²) >= 11 is 3.74. The lowest BCUT2D eigenvalue weighted by molar-refractivity contribution is 1.09. The van der Waals surface area contributed by atoms with Crippen LogP contribution in [-0.2, 0) is 0 Å². The van der Waals surface area contributed by atoms with Crippen LogP contribution >= 0.6 is 15.9 Å². The van der Waals surface area contributed by atoms with Crippen LogP contribution in [0.15, 0.2) is 47.2 Å². The molecule has 0 saturated carbocycles. The van der Waals surface area contributed by atoms with Crippen LogP contribution in [0.5, 0.6) is 0 Å². The molecule has 1 nitrogen and oxygen atoms in total. The average Bonchev–Trinajstić information content (AvgIpc) is 2.59. The third kappa shape index (κ3) is 1.32. The molecule has 2 aliphatic rings. The molecule has 0 saturated heterocycles. The van der Waals surface area contributed by atoms with Gasteiger partial charge in [-0.15, -0.1) is 0 Å². The van der Waals surface area contributed by atoms with E-state index in [1.807, 2.05) is 12.3 Å². The quantitative estimate of drug-likeness (QED) is 0.646. The molecular weight excluding hydrogens is 250 g/mol. The van der Waals surface area contributed by atoms with E-state index in [0.29, 0.717) is 0 Å². The van der Waals surface area contributed by atoms with Gasteiger partial charge in [-0.2, -0.15) is 0 Å². The van der Waals surface area contributed by atoms with Gasteiger partial charge in [0.05, 0.1) is 10.5 Å². The Morgan fingerprint density at radius 1 is 1.27 bits per heavy atom. The molecule has 2 aliphatic carbocycles. The van der Waals surface area contributed by atoms with Crippen molar-refractivity contribution in [2.45, 2.75) is 11.8 Å². The van der Waals surface area contributed by atoms with Crippen LogP contribution in [0.3, 0.4) is 0 Å². The summed E-state index contributed by atoms with van der Waals surface area (Å²) < 4.78 is 0. The van der Waals surface area contributed by atoms with E-state index >= 15 is 0 Å². The third-order valence-electron chi connectivity index (χ3n) is 2.81. The van der Waals surface area contributed by atoms with Gasteiger partial charge in [-0.05, 0) is 35.8 Å². The SMILES string of the molecule is CC1=CC2=Cc3ncccc3C(Br)C2=C1. The monoisotopic (exact) mass is 259 g/mol. The first-order valence-electron chi connectivity index (χ1n) is 4.96. The Morgan fingerprint density at radius 2 is 2.13 bits per heavy atom. The maximum atomic E-state index is 4.39. The Morgan fingerprint density at radius 3 is 3.00 bits per heavy atom. The van der Waals surface area contributed by atoms with Gasteiger partial charge >= 0.3 is 0 Å². The number of aromatic nitrogens is 1. The maximum Gasteiger partial charge on any atom is 0.0682 e. The molecule has 0 amide bonds. The predicted molar refractivity (Wildman–Crippen MR) is 65.7 cm³/mol. The zero-order valence-electron chi connectivity index (χ0n) is 8.37. The summed E-state index contributed by atoms with van der Waals surface area (Å²) in [5, 5.41) is 0. The topological polar surface area (TPSA) is 12.9 Å². The first-order valence-corrected chi connectivity index (χ1v) is 5.88. The lowest BCUT2D eigenvalue weighted by Gasteiger charge is -2.20. The van der Waals surface area contributed by atoms with Crippen molar-refractivity contribution in [3.63, 3.8) is 0 Å². The minimum atomic E-state index is 0.287. The number of hydrogen-bond acceptors (Lipinski definition) is 1. The predicted octanol–water partition coefficient (Wildman–Crippen LogP) is 3.80. The fourth-order valence-electron chi connectivity index (χ4n) is 2.12. The van der Waals surface area contributed by atoms with Gasteiger partial charge in [0.1, 0.15) is 0 Å². The highest BCUT2D eigenvalue weighted by atomic mass is 79.9. The van der Waals surface area contributed by atoms with E-state index in [9.17, 15) is 0 Å². The third-order valence-corrected chi connectivity index (χ3v) is 3.80. The van der Waals surface area contributed by atoms with E-state index in [2.05, 4.69) is 52.1 Å². The lowest BCUT2D eigenvalue weighted by atomic mass is 9.93. The van der Waals surface area contributed by atoms with Crippen molar-refractivity contribution in [1.82, 2.24) is 4.98 Å². The van der Waals surface area contributed by atoms with Crippen LogP contribution in [-0.4, -0.2) is 4.98 Å². The summed E-state index contributed by atoms with van der Waals surface area (Å²) in [6, 6.07) is 4.12. The van der Waals surface area contributed by atoms with Crippen LogP contribution in [0.1, 0.15) is 23.0 Å². The second-order valence-corrected chi connectivity index (χ2v) is 4.84. The Labute approximate surface area is 97.4 Å². The van der Waals surface area contributed by atoms with Gasteiger partial charge in [0.2, 0.25) is 0 Å². The molecule has 0 bridgehead atoms. The van der Waals surface area contributed by atoms with E-state index < -0.39 is 0 Å². The normalized spacial score (nSPS) is 22.5. The van der Waals surface area contributed by atoms with Crippen molar-refractivity contribution in [2.24, 2.45) is 0 Å². The fraction of sp³-hybridized carbons (Fsp3) is 0.154. The summed E-state index contributed by atoms with van der Waals surface area (Å²) in [6.45, 7) is 2.13. The van der Waals surface area contributed by atoms with E-state index in [0.717, 1.165) is 5.69 Å². The molecule has 74 valence electrons. The van der Waals surface area contributed by atoms with E-state index in [-0.39, 0.29) is 4.83 Å². The van der Waals surface area contributed by atoms with Crippen molar-refractivity contribution in [2.75, 3.05) is 0 Å². The Balaban J connectivity index is 2.23. The number of halogens is 1. The summed E-state index contributed by atoms with van der Waals surface area (Å²) in [5.74, 6) is 0. The molecule has 0 spiro atoms. The van der Waals surface area contributed by atoms with Gasteiger partial charge in [-0.1, -0.05) is 39.7 Å². The van der Waals surface area contributed by atoms with E-state index in [1.54, 1.807) is 0 Å². The molecule has 1 atom stereocenters. The number of pyridine rings is 1. The molecule has 0 N–H and O–H groups in total. The zero-order chi connectivity index (χ0) is 10.4. The second kappa shape index (κ2) is 3.17. The summed E-state index contributed by atoms with van der Waals surface area (Å²) in [4.78, 5) is 4.68. The number of fused-ring (bicyclic) bond motifs is 2. The van der Waals surface area contributed by atoms with Crippen molar-refractivity contribution in [1.29, 1.82) is 0 Å². The molecule has 0 radical (unpaired) electrons. The van der Waals surface area contributed by atoms with Gasteiger partial charge in [0, 0.05) is 6.20 Å². The molecular formula is C13H10BrN. The molecule has 1 unspecified atom stereocenters. The molecule has 3 rings (SSSR count). The van der Waals surface area contributed by atoms with Crippen molar-refractivity contribution < 1.29 is 0 Å². The maximum absolute atomic E-state index is 4.39.